The third kappa shape index (κ3) is 3.22. The van der Waals surface area contributed by atoms with E-state index in [0.29, 0.717) is 15.9 Å². The highest BCUT2D eigenvalue weighted by Crippen LogP contribution is 2.23. The molecule has 2 rings (SSSR count). The number of pyridine rings is 1. The van der Waals surface area contributed by atoms with Gasteiger partial charge in [0.15, 0.2) is 0 Å². The Kier molecular flexibility index (Phi) is 3.67. The van der Waals surface area contributed by atoms with Crippen molar-refractivity contribution in [3.63, 3.8) is 0 Å². The van der Waals surface area contributed by atoms with E-state index in [2.05, 4.69) is 4.98 Å². The molecule has 0 aliphatic carbocycles. The number of rotatable bonds is 2. The van der Waals surface area contributed by atoms with Crippen molar-refractivity contribution in [3.8, 4) is 0 Å². The Bertz CT molecular complexity index is 565. The third-order valence-corrected chi connectivity index (χ3v) is 2.92. The predicted octanol–water partition coefficient (Wildman–Crippen LogP) is 4.14. The van der Waals surface area contributed by atoms with Crippen molar-refractivity contribution in [3.05, 3.63) is 57.7 Å². The SMILES string of the molecule is Nc1cccc(/C=C/c2ccc(Cl)c(Cl)c2)n1. The van der Waals surface area contributed by atoms with Crippen molar-refractivity contribution in [1.82, 2.24) is 4.98 Å². The number of hydrogen-bond acceptors (Lipinski definition) is 2. The fourth-order valence-electron chi connectivity index (χ4n) is 1.36. The molecule has 0 unspecified atom stereocenters. The second kappa shape index (κ2) is 5.21. The first-order valence-corrected chi connectivity index (χ1v) is 5.76. The number of nitrogens with two attached hydrogens (primary N) is 1. The summed E-state index contributed by atoms with van der Waals surface area (Å²) in [4.78, 5) is 4.16. The number of hydrogen-bond donors (Lipinski definition) is 1. The number of anilines is 1. The van der Waals surface area contributed by atoms with Gasteiger partial charge in [-0.25, -0.2) is 4.98 Å². The van der Waals surface area contributed by atoms with E-state index < -0.39 is 0 Å². The molecule has 0 amide bonds. The maximum atomic E-state index is 5.92. The quantitative estimate of drug-likeness (QED) is 0.886. The second-order valence-electron chi connectivity index (χ2n) is 3.49. The number of nitrogens with zero attached hydrogens (tertiary/aromatic N) is 1. The summed E-state index contributed by atoms with van der Waals surface area (Å²) >= 11 is 11.8. The van der Waals surface area contributed by atoms with Crippen molar-refractivity contribution >= 4 is 41.2 Å². The first kappa shape index (κ1) is 12.0. The molecule has 1 aromatic carbocycles. The number of benzene rings is 1. The highest BCUT2D eigenvalue weighted by Gasteiger charge is 1.97. The Hall–Kier alpha value is -1.51. The molecule has 1 heterocycles. The van der Waals surface area contributed by atoms with Crippen LogP contribution in [0.5, 0.6) is 0 Å². The van der Waals surface area contributed by atoms with E-state index in [-0.39, 0.29) is 0 Å². The highest BCUT2D eigenvalue weighted by molar-refractivity contribution is 6.42. The molecule has 0 radical (unpaired) electrons. The molecule has 0 saturated carbocycles. The van der Waals surface area contributed by atoms with Gasteiger partial charge in [0.1, 0.15) is 5.82 Å². The Morgan fingerprint density at radius 3 is 2.53 bits per heavy atom. The van der Waals surface area contributed by atoms with Gasteiger partial charge in [0.25, 0.3) is 0 Å². The van der Waals surface area contributed by atoms with Crippen LogP contribution in [0.2, 0.25) is 10.0 Å². The predicted molar refractivity (Wildman–Crippen MR) is 74.0 cm³/mol. The van der Waals surface area contributed by atoms with Crippen molar-refractivity contribution < 1.29 is 0 Å². The average molecular weight is 265 g/mol. The lowest BCUT2D eigenvalue weighted by Gasteiger charge is -1.98. The summed E-state index contributed by atoms with van der Waals surface area (Å²) in [5, 5.41) is 1.08. The minimum atomic E-state index is 0.501. The van der Waals surface area contributed by atoms with E-state index in [1.807, 2.05) is 30.4 Å². The zero-order chi connectivity index (χ0) is 12.3. The fraction of sp³-hybridized carbons (Fsp3) is 0. The van der Waals surface area contributed by atoms with Crippen molar-refractivity contribution in [2.24, 2.45) is 0 Å². The molecule has 2 N–H and O–H groups in total. The zero-order valence-corrected chi connectivity index (χ0v) is 10.4. The molecule has 4 heteroatoms. The van der Waals surface area contributed by atoms with Gasteiger partial charge in [-0.1, -0.05) is 41.4 Å². The van der Waals surface area contributed by atoms with E-state index in [9.17, 15) is 0 Å². The maximum absolute atomic E-state index is 5.92. The van der Waals surface area contributed by atoms with E-state index in [4.69, 9.17) is 28.9 Å². The molecular weight excluding hydrogens is 255 g/mol. The molecule has 0 atom stereocenters. The van der Waals surface area contributed by atoms with Gasteiger partial charge < -0.3 is 5.73 Å². The topological polar surface area (TPSA) is 38.9 Å². The van der Waals surface area contributed by atoms with Gasteiger partial charge in [0.2, 0.25) is 0 Å². The van der Waals surface area contributed by atoms with E-state index in [0.717, 1.165) is 11.3 Å². The molecule has 2 aromatic rings. The molecule has 86 valence electrons. The molecule has 0 saturated heterocycles. The normalized spacial score (nSPS) is 10.9. The lowest BCUT2D eigenvalue weighted by Crippen LogP contribution is -1.90. The number of aromatic nitrogens is 1. The van der Waals surface area contributed by atoms with Crippen molar-refractivity contribution in [2.45, 2.75) is 0 Å². The molecule has 2 nitrogen and oxygen atoms in total. The van der Waals surface area contributed by atoms with Gasteiger partial charge in [0, 0.05) is 0 Å². The fourth-order valence-corrected chi connectivity index (χ4v) is 1.67. The van der Waals surface area contributed by atoms with Gasteiger partial charge in [-0.2, -0.15) is 0 Å². The summed E-state index contributed by atoms with van der Waals surface area (Å²) in [6, 6.07) is 10.9. The summed E-state index contributed by atoms with van der Waals surface area (Å²) < 4.78 is 0. The van der Waals surface area contributed by atoms with Gasteiger partial charge in [0.05, 0.1) is 15.7 Å². The van der Waals surface area contributed by atoms with E-state index >= 15 is 0 Å². The average Bonchev–Trinajstić information content (AvgIpc) is 2.31. The molecule has 0 aliphatic rings. The molecule has 0 fully saturated rings. The molecule has 1 aromatic heterocycles. The standard InChI is InChI=1S/C13H10Cl2N2/c14-11-7-5-9(8-12(11)15)4-6-10-2-1-3-13(16)17-10/h1-8H,(H2,16,17)/b6-4+. The summed E-state index contributed by atoms with van der Waals surface area (Å²) in [6.07, 6.45) is 3.78. The van der Waals surface area contributed by atoms with Crippen molar-refractivity contribution in [2.75, 3.05) is 5.73 Å². The van der Waals surface area contributed by atoms with Crippen LogP contribution in [0.25, 0.3) is 12.2 Å². The minimum absolute atomic E-state index is 0.501. The molecular formula is C13H10Cl2N2. The lowest BCUT2D eigenvalue weighted by molar-refractivity contribution is 1.31. The van der Waals surface area contributed by atoms with E-state index in [1.54, 1.807) is 18.2 Å². The Morgan fingerprint density at radius 2 is 1.82 bits per heavy atom. The van der Waals surface area contributed by atoms with Gasteiger partial charge >= 0.3 is 0 Å². The van der Waals surface area contributed by atoms with E-state index in [1.165, 1.54) is 0 Å². The zero-order valence-electron chi connectivity index (χ0n) is 8.90. The summed E-state index contributed by atoms with van der Waals surface area (Å²) in [7, 11) is 0. The smallest absolute Gasteiger partial charge is 0.124 e. The monoisotopic (exact) mass is 264 g/mol. The van der Waals surface area contributed by atoms with Gasteiger partial charge in [-0.05, 0) is 35.9 Å². The largest absolute Gasteiger partial charge is 0.384 e. The number of nitrogen functional groups attached to an aromatic ring is 1. The maximum Gasteiger partial charge on any atom is 0.124 e. The van der Waals surface area contributed by atoms with Crippen LogP contribution in [-0.4, -0.2) is 4.98 Å². The van der Waals surface area contributed by atoms with Crippen LogP contribution < -0.4 is 5.73 Å². The Balaban J connectivity index is 2.23. The third-order valence-electron chi connectivity index (χ3n) is 2.18. The molecule has 0 bridgehead atoms. The van der Waals surface area contributed by atoms with Crippen LogP contribution in [0, 0.1) is 0 Å². The Morgan fingerprint density at radius 1 is 1.00 bits per heavy atom. The van der Waals surface area contributed by atoms with Crippen LogP contribution >= 0.6 is 23.2 Å². The highest BCUT2D eigenvalue weighted by atomic mass is 35.5. The lowest BCUT2D eigenvalue weighted by atomic mass is 10.2. The summed E-state index contributed by atoms with van der Waals surface area (Å²) in [5.74, 6) is 0.501. The first-order chi connectivity index (χ1) is 8.15. The Labute approximate surface area is 110 Å². The molecule has 0 spiro atoms. The van der Waals surface area contributed by atoms with Crippen molar-refractivity contribution in [1.29, 1.82) is 0 Å². The molecule has 0 aliphatic heterocycles. The van der Waals surface area contributed by atoms with Crippen LogP contribution in [0.15, 0.2) is 36.4 Å². The molecule has 17 heavy (non-hydrogen) atoms. The second-order valence-corrected chi connectivity index (χ2v) is 4.31. The summed E-state index contributed by atoms with van der Waals surface area (Å²) in [6.45, 7) is 0. The van der Waals surface area contributed by atoms with Crippen LogP contribution in [-0.2, 0) is 0 Å². The number of halogens is 2. The van der Waals surface area contributed by atoms with Crippen LogP contribution in [0.1, 0.15) is 11.3 Å². The summed E-state index contributed by atoms with van der Waals surface area (Å²) in [5.41, 5.74) is 7.35. The van der Waals surface area contributed by atoms with Crippen LogP contribution in [0.4, 0.5) is 5.82 Å². The van der Waals surface area contributed by atoms with Crippen LogP contribution in [0.3, 0.4) is 0 Å². The van der Waals surface area contributed by atoms with Gasteiger partial charge in [-0.15, -0.1) is 0 Å². The van der Waals surface area contributed by atoms with Gasteiger partial charge in [-0.3, -0.25) is 0 Å². The first-order valence-electron chi connectivity index (χ1n) is 5.01. The minimum Gasteiger partial charge on any atom is -0.384 e.